The molecule has 0 bridgehead atoms. The summed E-state index contributed by atoms with van der Waals surface area (Å²) in [4.78, 5) is 11.7. The van der Waals surface area contributed by atoms with E-state index in [0.717, 1.165) is 6.42 Å². The number of hydrogen-bond donors (Lipinski definition) is 0. The lowest BCUT2D eigenvalue weighted by atomic mass is 9.95. The van der Waals surface area contributed by atoms with Crippen molar-refractivity contribution in [1.82, 2.24) is 9.78 Å². The number of esters is 1. The van der Waals surface area contributed by atoms with E-state index in [4.69, 9.17) is 9.47 Å². The summed E-state index contributed by atoms with van der Waals surface area (Å²) >= 11 is 0. The molecule has 0 amide bonds. The number of carbonyl (C=O) groups is 1. The Hall–Kier alpha value is -2.37. The second-order valence-electron chi connectivity index (χ2n) is 5.19. The summed E-state index contributed by atoms with van der Waals surface area (Å²) in [5.41, 5.74) is 1.30. The molecule has 1 atom stereocenters. The van der Waals surface area contributed by atoms with Gasteiger partial charge >= 0.3 is 5.97 Å². The number of aromatic nitrogens is 2. The van der Waals surface area contributed by atoms with Crippen LogP contribution in [0.3, 0.4) is 0 Å². The van der Waals surface area contributed by atoms with Crippen LogP contribution in [-0.2, 0) is 4.74 Å². The van der Waals surface area contributed by atoms with Crippen LogP contribution in [0.5, 0.6) is 5.75 Å². The molecule has 0 fully saturated rings. The Bertz CT molecular complexity index is 697. The zero-order chi connectivity index (χ0) is 17.0. The Kier molecular flexibility index (Phi) is 5.36. The van der Waals surface area contributed by atoms with Gasteiger partial charge in [0.05, 0.1) is 19.4 Å². The molecule has 0 aliphatic carbocycles. The highest BCUT2D eigenvalue weighted by Crippen LogP contribution is 2.33. The van der Waals surface area contributed by atoms with E-state index in [9.17, 15) is 9.18 Å². The highest BCUT2D eigenvalue weighted by atomic mass is 19.1. The van der Waals surface area contributed by atoms with Gasteiger partial charge in [-0.3, -0.25) is 0 Å². The van der Waals surface area contributed by atoms with Gasteiger partial charge in [0.15, 0.2) is 17.3 Å². The predicted molar refractivity (Wildman–Crippen MR) is 84.7 cm³/mol. The van der Waals surface area contributed by atoms with Gasteiger partial charge in [-0.25, -0.2) is 13.9 Å². The number of ether oxygens (including phenoxy) is 2. The largest absolute Gasteiger partial charge is 0.494 e. The fourth-order valence-electron chi connectivity index (χ4n) is 2.37. The summed E-state index contributed by atoms with van der Waals surface area (Å²) in [7, 11) is 1.44. The highest BCUT2D eigenvalue weighted by Gasteiger charge is 2.21. The highest BCUT2D eigenvalue weighted by molar-refractivity contribution is 5.87. The second kappa shape index (κ2) is 7.26. The van der Waals surface area contributed by atoms with Gasteiger partial charge in [0.2, 0.25) is 0 Å². The molecular weight excluding hydrogens is 299 g/mol. The van der Waals surface area contributed by atoms with E-state index in [1.807, 2.05) is 13.8 Å². The molecule has 5 nitrogen and oxygen atoms in total. The molecule has 0 radical (unpaired) electrons. The lowest BCUT2D eigenvalue weighted by Gasteiger charge is -2.17. The fraction of sp³-hybridized carbons (Fsp3) is 0.412. The average molecular weight is 320 g/mol. The summed E-state index contributed by atoms with van der Waals surface area (Å²) < 4.78 is 26.2. The molecule has 0 aliphatic rings. The van der Waals surface area contributed by atoms with Crippen LogP contribution in [0.4, 0.5) is 4.39 Å². The predicted octanol–water partition coefficient (Wildman–Crippen LogP) is 3.71. The van der Waals surface area contributed by atoms with Crippen LogP contribution in [0.1, 0.15) is 49.2 Å². The van der Waals surface area contributed by atoms with Crippen LogP contribution in [0.2, 0.25) is 0 Å². The van der Waals surface area contributed by atoms with Gasteiger partial charge in [-0.1, -0.05) is 13.8 Å². The number of carbonyl (C=O) groups excluding carboxylic acids is 1. The van der Waals surface area contributed by atoms with Crippen molar-refractivity contribution in [1.29, 1.82) is 0 Å². The maximum atomic E-state index is 14.7. The van der Waals surface area contributed by atoms with Crippen LogP contribution >= 0.6 is 0 Å². The van der Waals surface area contributed by atoms with E-state index in [2.05, 4.69) is 5.10 Å². The molecular formula is C17H21FN2O3. The summed E-state index contributed by atoms with van der Waals surface area (Å²) in [5, 5.41) is 4.21. The van der Waals surface area contributed by atoms with Crippen LogP contribution in [0.25, 0.3) is 5.69 Å². The first-order valence-electron chi connectivity index (χ1n) is 7.62. The van der Waals surface area contributed by atoms with Gasteiger partial charge in [0, 0.05) is 11.8 Å². The Labute approximate surface area is 135 Å². The first-order chi connectivity index (χ1) is 11.0. The van der Waals surface area contributed by atoms with Crippen molar-refractivity contribution in [3.8, 4) is 11.4 Å². The van der Waals surface area contributed by atoms with Crippen molar-refractivity contribution in [2.24, 2.45) is 0 Å². The minimum Gasteiger partial charge on any atom is -0.494 e. The molecule has 1 aromatic heterocycles. The topological polar surface area (TPSA) is 53.4 Å². The number of rotatable bonds is 6. The molecule has 0 saturated heterocycles. The Morgan fingerprint density at radius 2 is 2.09 bits per heavy atom. The standard InChI is InChI=1S/C17H21FN2O3/c1-5-11(3)15-13(7-8-14(22-4)16(15)18)20-10-9-12(19-20)17(21)23-6-2/h7-11H,5-6H2,1-4H3. The molecule has 6 heteroatoms. The Morgan fingerprint density at radius 1 is 1.35 bits per heavy atom. The minimum atomic E-state index is -0.495. The Balaban J connectivity index is 2.51. The van der Waals surface area contributed by atoms with Crippen molar-refractivity contribution < 1.29 is 18.7 Å². The molecule has 2 rings (SSSR count). The molecule has 0 N–H and O–H groups in total. The van der Waals surface area contributed by atoms with Gasteiger partial charge in [-0.2, -0.15) is 5.10 Å². The zero-order valence-corrected chi connectivity index (χ0v) is 13.8. The summed E-state index contributed by atoms with van der Waals surface area (Å²) in [6.07, 6.45) is 2.39. The van der Waals surface area contributed by atoms with Gasteiger partial charge in [0.1, 0.15) is 0 Å². The van der Waals surface area contributed by atoms with Gasteiger partial charge in [0.25, 0.3) is 0 Å². The summed E-state index contributed by atoms with van der Waals surface area (Å²) in [6.45, 7) is 5.94. The van der Waals surface area contributed by atoms with Crippen LogP contribution in [0.15, 0.2) is 24.4 Å². The number of methoxy groups -OCH3 is 1. The lowest BCUT2D eigenvalue weighted by molar-refractivity contribution is 0.0519. The van der Waals surface area contributed by atoms with Gasteiger partial charge in [-0.15, -0.1) is 0 Å². The normalized spacial score (nSPS) is 12.0. The minimum absolute atomic E-state index is 0.0182. The van der Waals surface area contributed by atoms with Crippen LogP contribution < -0.4 is 4.74 Å². The molecule has 0 aliphatic heterocycles. The fourth-order valence-corrected chi connectivity index (χ4v) is 2.37. The van der Waals surface area contributed by atoms with Crippen LogP contribution in [0, 0.1) is 5.82 Å². The third-order valence-electron chi connectivity index (χ3n) is 3.77. The first-order valence-corrected chi connectivity index (χ1v) is 7.62. The lowest BCUT2D eigenvalue weighted by Crippen LogP contribution is -2.10. The average Bonchev–Trinajstić information content (AvgIpc) is 3.04. The van der Waals surface area contributed by atoms with Crippen molar-refractivity contribution in [2.45, 2.75) is 33.1 Å². The van der Waals surface area contributed by atoms with E-state index in [1.54, 1.807) is 31.3 Å². The quantitative estimate of drug-likeness (QED) is 0.761. The molecule has 0 spiro atoms. The molecule has 1 unspecified atom stereocenters. The molecule has 1 heterocycles. The number of hydrogen-bond acceptors (Lipinski definition) is 4. The third-order valence-corrected chi connectivity index (χ3v) is 3.77. The molecule has 2 aromatic rings. The number of benzene rings is 1. The summed E-state index contributed by atoms with van der Waals surface area (Å²) in [6, 6.07) is 4.86. The van der Waals surface area contributed by atoms with E-state index in [1.165, 1.54) is 11.8 Å². The van der Waals surface area contributed by atoms with Gasteiger partial charge < -0.3 is 9.47 Å². The summed E-state index contributed by atoms with van der Waals surface area (Å²) in [5.74, 6) is -0.713. The number of nitrogens with zero attached hydrogens (tertiary/aromatic N) is 2. The molecule has 23 heavy (non-hydrogen) atoms. The van der Waals surface area contributed by atoms with E-state index >= 15 is 0 Å². The first kappa shape index (κ1) is 17.0. The van der Waals surface area contributed by atoms with Crippen molar-refractivity contribution in [2.75, 3.05) is 13.7 Å². The smallest absolute Gasteiger partial charge is 0.358 e. The molecule has 1 aromatic carbocycles. The van der Waals surface area contributed by atoms with E-state index < -0.39 is 11.8 Å². The van der Waals surface area contributed by atoms with E-state index in [-0.39, 0.29) is 24.0 Å². The van der Waals surface area contributed by atoms with Crippen LogP contribution in [-0.4, -0.2) is 29.5 Å². The van der Waals surface area contributed by atoms with Crippen molar-refractivity contribution in [3.63, 3.8) is 0 Å². The molecule has 124 valence electrons. The monoisotopic (exact) mass is 320 g/mol. The SMILES string of the molecule is CCOC(=O)c1ccn(-c2ccc(OC)c(F)c2C(C)CC)n1. The Morgan fingerprint density at radius 3 is 2.70 bits per heavy atom. The second-order valence-corrected chi connectivity index (χ2v) is 5.19. The van der Waals surface area contributed by atoms with E-state index in [0.29, 0.717) is 11.3 Å². The van der Waals surface area contributed by atoms with Crippen molar-refractivity contribution >= 4 is 5.97 Å². The molecule has 0 saturated carbocycles. The maximum Gasteiger partial charge on any atom is 0.358 e. The van der Waals surface area contributed by atoms with Gasteiger partial charge in [-0.05, 0) is 37.5 Å². The third kappa shape index (κ3) is 3.36. The maximum absolute atomic E-state index is 14.7. The number of halogens is 1. The zero-order valence-electron chi connectivity index (χ0n) is 13.8. The van der Waals surface area contributed by atoms with Crippen molar-refractivity contribution in [3.05, 3.63) is 41.5 Å².